The van der Waals surface area contributed by atoms with Crippen LogP contribution < -0.4 is 15.8 Å². The summed E-state index contributed by atoms with van der Waals surface area (Å²) in [6.07, 6.45) is -5.65. The first-order valence-corrected chi connectivity index (χ1v) is 12.7. The van der Waals surface area contributed by atoms with Gasteiger partial charge in [-0.05, 0) is 36.4 Å². The van der Waals surface area contributed by atoms with Gasteiger partial charge in [0, 0.05) is 53.3 Å². The molecule has 196 valence electrons. The molecule has 2 heterocycles. The first-order valence-electron chi connectivity index (χ1n) is 11.1. The Balaban J connectivity index is 1.67. The number of H-pyrrole nitrogens is 1. The van der Waals surface area contributed by atoms with Gasteiger partial charge in [-0.3, -0.25) is 14.4 Å². The minimum Gasteiger partial charge on any atom is -0.367 e. The van der Waals surface area contributed by atoms with Gasteiger partial charge in [-0.25, -0.2) is 0 Å². The van der Waals surface area contributed by atoms with Crippen LogP contribution in [0.1, 0.15) is 16.8 Å². The molecular formula is C24H20BrCl2F3N4O3. The predicted molar refractivity (Wildman–Crippen MR) is 139 cm³/mol. The summed E-state index contributed by atoms with van der Waals surface area (Å²) in [6.45, 7) is -0.263. The van der Waals surface area contributed by atoms with Gasteiger partial charge in [-0.1, -0.05) is 39.1 Å². The molecule has 0 spiro atoms. The molecule has 0 radical (unpaired) electrons. The molecule has 1 atom stereocenters. The van der Waals surface area contributed by atoms with E-state index in [0.717, 1.165) is 6.07 Å². The van der Waals surface area contributed by atoms with Crippen molar-refractivity contribution < 1.29 is 22.8 Å². The zero-order valence-corrected chi connectivity index (χ0v) is 22.1. The zero-order chi connectivity index (χ0) is 26.9. The van der Waals surface area contributed by atoms with Gasteiger partial charge in [0.2, 0.25) is 11.5 Å². The smallest absolute Gasteiger partial charge is 0.367 e. The van der Waals surface area contributed by atoms with E-state index in [4.69, 9.17) is 23.2 Å². The number of piperazine rings is 1. The van der Waals surface area contributed by atoms with E-state index in [2.05, 4.69) is 26.2 Å². The third kappa shape index (κ3) is 6.39. The van der Waals surface area contributed by atoms with E-state index in [1.54, 1.807) is 41.3 Å². The number of carbonyl (C=O) groups is 2. The van der Waals surface area contributed by atoms with E-state index >= 15 is 0 Å². The van der Waals surface area contributed by atoms with Gasteiger partial charge < -0.3 is 20.1 Å². The second kappa shape index (κ2) is 10.9. The molecule has 37 heavy (non-hydrogen) atoms. The number of fused-ring (bicyclic) bond motifs is 1. The van der Waals surface area contributed by atoms with Gasteiger partial charge in [0.25, 0.3) is 5.91 Å². The van der Waals surface area contributed by atoms with Crippen LogP contribution in [-0.2, 0) is 4.79 Å². The summed E-state index contributed by atoms with van der Waals surface area (Å²) in [7, 11) is 0. The average Bonchev–Trinajstić information content (AvgIpc) is 2.84. The van der Waals surface area contributed by atoms with Crippen molar-refractivity contribution in [2.75, 3.05) is 31.1 Å². The number of anilines is 1. The molecule has 2 N–H and O–H groups in total. The molecule has 0 aliphatic carbocycles. The van der Waals surface area contributed by atoms with Gasteiger partial charge in [0.1, 0.15) is 6.04 Å². The number of aromatic nitrogens is 1. The monoisotopic (exact) mass is 618 g/mol. The molecule has 2 aromatic carbocycles. The summed E-state index contributed by atoms with van der Waals surface area (Å²) < 4.78 is 38.7. The Kier molecular flexibility index (Phi) is 8.05. The molecule has 0 bridgehead atoms. The summed E-state index contributed by atoms with van der Waals surface area (Å²) in [6, 6.07) is 9.94. The van der Waals surface area contributed by atoms with Crippen molar-refractivity contribution in [2.45, 2.75) is 18.6 Å². The minimum atomic E-state index is -4.45. The highest BCUT2D eigenvalue weighted by atomic mass is 79.9. The molecule has 0 saturated carbocycles. The van der Waals surface area contributed by atoms with E-state index in [1.165, 1.54) is 4.90 Å². The fourth-order valence-electron chi connectivity index (χ4n) is 4.17. The van der Waals surface area contributed by atoms with Crippen LogP contribution in [0.2, 0.25) is 10.0 Å². The number of alkyl halides is 3. The van der Waals surface area contributed by atoms with Gasteiger partial charge in [0.15, 0.2) is 0 Å². The Bertz CT molecular complexity index is 1420. The van der Waals surface area contributed by atoms with E-state index in [1.807, 2.05) is 0 Å². The molecule has 1 aromatic heterocycles. The quantitative estimate of drug-likeness (QED) is 0.421. The summed E-state index contributed by atoms with van der Waals surface area (Å²) in [5.41, 5.74) is 0.648. The number of aromatic amines is 1. The van der Waals surface area contributed by atoms with E-state index in [0.29, 0.717) is 37.7 Å². The van der Waals surface area contributed by atoms with Crippen molar-refractivity contribution in [1.82, 2.24) is 15.2 Å². The molecule has 4 rings (SSSR count). The Morgan fingerprint density at radius 2 is 1.84 bits per heavy atom. The number of rotatable bonds is 5. The highest BCUT2D eigenvalue weighted by Gasteiger charge is 2.37. The zero-order valence-electron chi connectivity index (χ0n) is 19.0. The molecule has 2 amide bonds. The molecule has 1 saturated heterocycles. The maximum Gasteiger partial charge on any atom is 0.390 e. The van der Waals surface area contributed by atoms with Crippen LogP contribution in [-0.4, -0.2) is 60.1 Å². The molecule has 13 heteroatoms. The maximum atomic E-state index is 13.7. The lowest BCUT2D eigenvalue weighted by atomic mass is 10.0. The second-order valence-corrected chi connectivity index (χ2v) is 10.2. The van der Waals surface area contributed by atoms with Crippen LogP contribution in [0, 0.1) is 0 Å². The van der Waals surface area contributed by atoms with Crippen molar-refractivity contribution in [3.63, 3.8) is 0 Å². The normalized spacial score (nSPS) is 16.2. The third-order valence-corrected chi connectivity index (χ3v) is 7.19. The number of carbonyl (C=O) groups excluding carboxylic acids is 2. The Hall–Kier alpha value is -2.76. The fourth-order valence-corrected chi connectivity index (χ4v) is 4.82. The Labute approximate surface area is 227 Å². The molecular weight excluding hydrogens is 600 g/mol. The molecule has 3 aromatic rings. The summed E-state index contributed by atoms with van der Waals surface area (Å²) in [5.74, 6) is -1.32. The van der Waals surface area contributed by atoms with Crippen LogP contribution in [0.25, 0.3) is 10.9 Å². The van der Waals surface area contributed by atoms with Crippen LogP contribution >= 0.6 is 39.1 Å². The fraction of sp³-hybridized carbons (Fsp3) is 0.292. The maximum absolute atomic E-state index is 13.7. The SMILES string of the molecule is O=C(NCCC(F)(F)F)C1CN(c2ccc(Cl)c(Cl)c2)CCN1C(=O)c1cc(=O)[nH]c2ccc(Br)cc12. The lowest BCUT2D eigenvalue weighted by molar-refractivity contribution is -0.136. The number of hydrogen-bond acceptors (Lipinski definition) is 4. The van der Waals surface area contributed by atoms with Crippen LogP contribution in [0.15, 0.2) is 51.7 Å². The number of amides is 2. The molecule has 1 fully saturated rings. The van der Waals surface area contributed by atoms with Crippen LogP contribution in [0.3, 0.4) is 0 Å². The van der Waals surface area contributed by atoms with Crippen LogP contribution in [0.5, 0.6) is 0 Å². The molecule has 1 aliphatic rings. The topological polar surface area (TPSA) is 85.5 Å². The minimum absolute atomic E-state index is 0.00757. The number of pyridine rings is 1. The summed E-state index contributed by atoms with van der Waals surface area (Å²) in [4.78, 5) is 44.8. The highest BCUT2D eigenvalue weighted by Crippen LogP contribution is 2.30. The number of nitrogens with zero attached hydrogens (tertiary/aromatic N) is 2. The highest BCUT2D eigenvalue weighted by molar-refractivity contribution is 9.10. The number of nitrogens with one attached hydrogen (secondary N) is 2. The average molecular weight is 620 g/mol. The number of hydrogen-bond donors (Lipinski definition) is 2. The van der Waals surface area contributed by atoms with Gasteiger partial charge in [0.05, 0.1) is 22.0 Å². The van der Waals surface area contributed by atoms with Crippen molar-refractivity contribution in [3.05, 3.63) is 72.9 Å². The van der Waals surface area contributed by atoms with E-state index in [-0.39, 0.29) is 18.7 Å². The first-order chi connectivity index (χ1) is 17.4. The van der Waals surface area contributed by atoms with Crippen molar-refractivity contribution in [2.24, 2.45) is 0 Å². The standard InChI is InChI=1S/C24H20BrCl2F3N4O3/c25-13-1-4-19-15(9-13)16(11-21(35)32-19)23(37)34-8-7-33(14-2-3-17(26)18(27)10-14)12-20(34)22(36)31-6-5-24(28,29)30/h1-4,9-11,20H,5-8,12H2,(H,31,36)(H,32,35). The first kappa shape index (κ1) is 27.3. The van der Waals surface area contributed by atoms with Gasteiger partial charge in [-0.15, -0.1) is 0 Å². The van der Waals surface area contributed by atoms with E-state index in [9.17, 15) is 27.6 Å². The molecule has 1 unspecified atom stereocenters. The van der Waals surface area contributed by atoms with Crippen molar-refractivity contribution in [1.29, 1.82) is 0 Å². The third-order valence-electron chi connectivity index (χ3n) is 5.96. The largest absolute Gasteiger partial charge is 0.390 e. The van der Waals surface area contributed by atoms with Gasteiger partial charge >= 0.3 is 6.18 Å². The number of halogens is 6. The van der Waals surface area contributed by atoms with Gasteiger partial charge in [-0.2, -0.15) is 13.2 Å². The Morgan fingerprint density at radius 3 is 2.54 bits per heavy atom. The second-order valence-electron chi connectivity index (χ2n) is 8.45. The lowest BCUT2D eigenvalue weighted by Gasteiger charge is -2.41. The predicted octanol–water partition coefficient (Wildman–Crippen LogP) is 5.00. The number of benzene rings is 2. The summed E-state index contributed by atoms with van der Waals surface area (Å²) in [5, 5.41) is 3.39. The van der Waals surface area contributed by atoms with Crippen LogP contribution in [0.4, 0.5) is 18.9 Å². The Morgan fingerprint density at radius 1 is 1.08 bits per heavy atom. The lowest BCUT2D eigenvalue weighted by Crippen LogP contribution is -2.61. The molecule has 1 aliphatic heterocycles. The van der Waals surface area contributed by atoms with Crippen molar-refractivity contribution in [3.8, 4) is 0 Å². The summed E-state index contributed by atoms with van der Waals surface area (Å²) >= 11 is 15.5. The van der Waals surface area contributed by atoms with Crippen molar-refractivity contribution >= 4 is 67.5 Å². The molecule has 7 nitrogen and oxygen atoms in total. The van der Waals surface area contributed by atoms with E-state index < -0.39 is 42.6 Å².